The average molecular weight is 461 g/mol. The third kappa shape index (κ3) is 7.79. The van der Waals surface area contributed by atoms with E-state index in [1.807, 2.05) is 30.3 Å². The van der Waals surface area contributed by atoms with Crippen LogP contribution in [0.25, 0.3) is 0 Å². The zero-order valence-corrected chi connectivity index (χ0v) is 17.4. The molecule has 0 amide bonds. The van der Waals surface area contributed by atoms with Crippen LogP contribution in [-0.2, 0) is 10.8 Å². The predicted molar refractivity (Wildman–Crippen MR) is 114 cm³/mol. The van der Waals surface area contributed by atoms with Crippen molar-refractivity contribution in [3.63, 3.8) is 0 Å². The zero-order chi connectivity index (χ0) is 16.3. The van der Waals surface area contributed by atoms with Crippen molar-refractivity contribution in [3.05, 3.63) is 42.0 Å². The van der Waals surface area contributed by atoms with Gasteiger partial charge < -0.3 is 10.6 Å². The molecular weight excluding hydrogens is 433 g/mol. The maximum absolute atomic E-state index is 12.1. The molecule has 1 aromatic carbocycles. The summed E-state index contributed by atoms with van der Waals surface area (Å²) in [6.45, 7) is 1.54. The molecule has 0 aromatic heterocycles. The Morgan fingerprint density at radius 2 is 1.92 bits per heavy atom. The van der Waals surface area contributed by atoms with E-state index in [9.17, 15) is 4.21 Å². The second kappa shape index (κ2) is 12.5. The van der Waals surface area contributed by atoms with Gasteiger partial charge in [0.05, 0.1) is 10.8 Å². The Balaban J connectivity index is 0.00000288. The van der Waals surface area contributed by atoms with Crippen LogP contribution in [0.5, 0.6) is 0 Å². The third-order valence-electron chi connectivity index (χ3n) is 3.93. The summed E-state index contributed by atoms with van der Waals surface area (Å²) in [6, 6.07) is 9.58. The van der Waals surface area contributed by atoms with E-state index in [2.05, 4.69) is 21.7 Å². The fourth-order valence-corrected chi connectivity index (χ4v) is 3.63. The van der Waals surface area contributed by atoms with E-state index in [-0.39, 0.29) is 24.0 Å². The van der Waals surface area contributed by atoms with E-state index in [4.69, 9.17) is 0 Å². The molecule has 0 saturated heterocycles. The van der Waals surface area contributed by atoms with E-state index in [1.54, 1.807) is 12.6 Å². The largest absolute Gasteiger partial charge is 0.356 e. The highest BCUT2D eigenvalue weighted by Crippen LogP contribution is 2.19. The van der Waals surface area contributed by atoms with Gasteiger partial charge in [0.1, 0.15) is 0 Å². The van der Waals surface area contributed by atoms with Crippen LogP contribution in [0.4, 0.5) is 0 Å². The molecule has 6 heteroatoms. The van der Waals surface area contributed by atoms with Crippen molar-refractivity contribution < 1.29 is 4.21 Å². The molecule has 1 unspecified atom stereocenters. The molecule has 1 aliphatic rings. The van der Waals surface area contributed by atoms with Crippen molar-refractivity contribution in [2.75, 3.05) is 25.9 Å². The molecule has 0 spiro atoms. The Morgan fingerprint density at radius 3 is 2.58 bits per heavy atom. The van der Waals surface area contributed by atoms with Gasteiger partial charge in [-0.1, -0.05) is 29.8 Å². The Bertz CT molecular complexity index is 561. The smallest absolute Gasteiger partial charge is 0.191 e. The molecule has 1 atom stereocenters. The fraction of sp³-hybridized carbons (Fsp3) is 0.500. The first-order valence-corrected chi connectivity index (χ1v) is 9.67. The van der Waals surface area contributed by atoms with Gasteiger partial charge in [0.25, 0.3) is 0 Å². The molecule has 0 fully saturated rings. The van der Waals surface area contributed by atoms with Crippen molar-refractivity contribution in [3.8, 4) is 0 Å². The van der Waals surface area contributed by atoms with Gasteiger partial charge >= 0.3 is 0 Å². The minimum Gasteiger partial charge on any atom is -0.356 e. The van der Waals surface area contributed by atoms with Gasteiger partial charge in [-0.25, -0.2) is 0 Å². The Labute approximate surface area is 165 Å². The molecule has 0 saturated carbocycles. The number of guanidine groups is 1. The van der Waals surface area contributed by atoms with Crippen molar-refractivity contribution >= 4 is 40.7 Å². The van der Waals surface area contributed by atoms with E-state index in [0.29, 0.717) is 12.3 Å². The van der Waals surface area contributed by atoms with Crippen LogP contribution in [0.15, 0.2) is 51.9 Å². The number of nitrogens with zero attached hydrogens (tertiary/aromatic N) is 1. The summed E-state index contributed by atoms with van der Waals surface area (Å²) < 4.78 is 12.1. The molecule has 0 aliphatic heterocycles. The van der Waals surface area contributed by atoms with Gasteiger partial charge in [0.2, 0.25) is 0 Å². The van der Waals surface area contributed by atoms with Crippen LogP contribution in [0.1, 0.15) is 32.1 Å². The fourth-order valence-electron chi connectivity index (χ4n) is 2.65. The normalized spacial score (nSPS) is 15.9. The zero-order valence-electron chi connectivity index (χ0n) is 14.3. The molecule has 1 aromatic rings. The third-order valence-corrected chi connectivity index (χ3v) is 5.31. The van der Waals surface area contributed by atoms with Crippen LogP contribution < -0.4 is 10.6 Å². The van der Waals surface area contributed by atoms with E-state index >= 15 is 0 Å². The molecule has 1 aliphatic carbocycles. The first kappa shape index (κ1) is 21.2. The summed E-state index contributed by atoms with van der Waals surface area (Å²) in [5, 5.41) is 6.56. The quantitative estimate of drug-likeness (QED) is 0.283. The van der Waals surface area contributed by atoms with Gasteiger partial charge in [-0.2, -0.15) is 0 Å². The molecule has 24 heavy (non-hydrogen) atoms. The van der Waals surface area contributed by atoms with Crippen LogP contribution in [0.2, 0.25) is 0 Å². The molecule has 0 bridgehead atoms. The van der Waals surface area contributed by atoms with Crippen molar-refractivity contribution in [2.45, 2.75) is 37.0 Å². The highest BCUT2D eigenvalue weighted by Gasteiger charge is 2.05. The highest BCUT2D eigenvalue weighted by atomic mass is 127. The lowest BCUT2D eigenvalue weighted by Crippen LogP contribution is -2.39. The van der Waals surface area contributed by atoms with Crippen LogP contribution >= 0.6 is 24.0 Å². The van der Waals surface area contributed by atoms with Crippen molar-refractivity contribution in [2.24, 2.45) is 4.99 Å². The Hall–Kier alpha value is -0.890. The van der Waals surface area contributed by atoms with Crippen LogP contribution in [0, 0.1) is 0 Å². The number of nitrogens with one attached hydrogen (secondary N) is 2. The maximum Gasteiger partial charge on any atom is 0.191 e. The number of hydrogen-bond acceptors (Lipinski definition) is 2. The molecule has 134 valence electrons. The van der Waals surface area contributed by atoms with E-state index < -0.39 is 10.8 Å². The standard InChI is InChI=1S/C18H27N3OS.HI/c1-19-18(20-13-12-16-8-4-2-5-9-16)21-14-15-23(22)17-10-6-3-7-11-17;/h3,6-8,10-11H,2,4-5,9,12-15H2,1H3,(H2,19,20,21);1H. The number of hydrogen-bond donors (Lipinski definition) is 2. The summed E-state index contributed by atoms with van der Waals surface area (Å²) in [4.78, 5) is 5.09. The lowest BCUT2D eigenvalue weighted by Gasteiger charge is -2.15. The minimum atomic E-state index is -0.966. The number of halogens is 1. The van der Waals surface area contributed by atoms with Gasteiger partial charge in [0, 0.05) is 30.8 Å². The molecule has 2 rings (SSSR count). The molecule has 4 nitrogen and oxygen atoms in total. The number of benzene rings is 1. The lowest BCUT2D eigenvalue weighted by molar-refractivity contribution is 0.665. The predicted octanol–water partition coefficient (Wildman–Crippen LogP) is 3.47. The summed E-state index contributed by atoms with van der Waals surface area (Å²) in [7, 11) is 0.801. The van der Waals surface area contributed by atoms with E-state index in [1.165, 1.54) is 25.7 Å². The van der Waals surface area contributed by atoms with Gasteiger partial charge in [-0.3, -0.25) is 9.20 Å². The van der Waals surface area contributed by atoms with E-state index in [0.717, 1.165) is 23.8 Å². The number of rotatable bonds is 7. The number of allylic oxidation sites excluding steroid dienone is 1. The second-order valence-electron chi connectivity index (χ2n) is 5.65. The van der Waals surface area contributed by atoms with Crippen molar-refractivity contribution in [1.29, 1.82) is 0 Å². The monoisotopic (exact) mass is 461 g/mol. The topological polar surface area (TPSA) is 53.5 Å². The van der Waals surface area contributed by atoms with Gasteiger partial charge in [-0.05, 0) is 44.2 Å². The Morgan fingerprint density at radius 1 is 1.17 bits per heavy atom. The summed E-state index contributed by atoms with van der Waals surface area (Å²) in [5.74, 6) is 1.36. The highest BCUT2D eigenvalue weighted by molar-refractivity contribution is 14.0. The Kier molecular flexibility index (Phi) is 11.0. The number of aliphatic imine (C=N–C) groups is 1. The second-order valence-corrected chi connectivity index (χ2v) is 7.22. The van der Waals surface area contributed by atoms with Crippen molar-refractivity contribution in [1.82, 2.24) is 10.6 Å². The molecule has 2 N–H and O–H groups in total. The van der Waals surface area contributed by atoms with Crippen LogP contribution in [-0.4, -0.2) is 36.1 Å². The summed E-state index contributed by atoms with van der Waals surface area (Å²) in [6.07, 6.45) is 8.58. The first-order valence-electron chi connectivity index (χ1n) is 8.35. The molecular formula is C18H28IN3OS. The van der Waals surface area contributed by atoms with Crippen LogP contribution in [0.3, 0.4) is 0 Å². The average Bonchev–Trinajstić information content (AvgIpc) is 2.62. The van der Waals surface area contributed by atoms with Gasteiger partial charge in [0.15, 0.2) is 5.96 Å². The SMILES string of the molecule is CN=C(NCCC1=CCCCC1)NCCS(=O)c1ccccc1.I. The summed E-state index contributed by atoms with van der Waals surface area (Å²) >= 11 is 0. The first-order chi connectivity index (χ1) is 11.3. The van der Waals surface area contributed by atoms with Gasteiger partial charge in [-0.15, -0.1) is 24.0 Å². The summed E-state index contributed by atoms with van der Waals surface area (Å²) in [5.41, 5.74) is 1.56. The molecule has 0 radical (unpaired) electrons. The maximum atomic E-state index is 12.1. The minimum absolute atomic E-state index is 0. The lowest BCUT2D eigenvalue weighted by atomic mass is 9.97. The molecule has 0 heterocycles.